The standard InChI is InChI=1S/C9H18ClNO2/c1-8(2,3)11-7(12)13-9(4,5)6-10/h6H2,1-5H3,(H,11,12). The Hall–Kier alpha value is -0.440. The van der Waals surface area contributed by atoms with Gasteiger partial charge in [-0.05, 0) is 34.6 Å². The van der Waals surface area contributed by atoms with E-state index in [4.69, 9.17) is 16.3 Å². The molecule has 4 heteroatoms. The van der Waals surface area contributed by atoms with Crippen molar-refractivity contribution in [1.29, 1.82) is 0 Å². The Kier molecular flexibility index (Phi) is 4.04. The maximum absolute atomic E-state index is 11.2. The summed E-state index contributed by atoms with van der Waals surface area (Å²) in [6.07, 6.45) is -0.432. The van der Waals surface area contributed by atoms with Crippen LogP contribution in [0.3, 0.4) is 0 Å². The number of hydrogen-bond acceptors (Lipinski definition) is 2. The van der Waals surface area contributed by atoms with Gasteiger partial charge in [0, 0.05) is 5.54 Å². The molecule has 0 bridgehead atoms. The van der Waals surface area contributed by atoms with E-state index in [1.54, 1.807) is 13.8 Å². The molecule has 3 nitrogen and oxygen atoms in total. The van der Waals surface area contributed by atoms with E-state index in [-0.39, 0.29) is 11.4 Å². The number of rotatable bonds is 2. The van der Waals surface area contributed by atoms with Crippen LogP contribution in [0.5, 0.6) is 0 Å². The summed E-state index contributed by atoms with van der Waals surface area (Å²) >= 11 is 5.60. The maximum Gasteiger partial charge on any atom is 0.408 e. The van der Waals surface area contributed by atoms with Gasteiger partial charge < -0.3 is 10.1 Å². The van der Waals surface area contributed by atoms with Crippen LogP contribution in [-0.4, -0.2) is 23.1 Å². The zero-order valence-corrected chi connectivity index (χ0v) is 9.66. The number of alkyl carbamates (subject to hydrolysis) is 1. The second-order valence-corrected chi connectivity index (χ2v) is 4.93. The molecule has 0 aliphatic rings. The van der Waals surface area contributed by atoms with Gasteiger partial charge in [-0.25, -0.2) is 4.79 Å². The number of alkyl halides is 1. The number of ether oxygens (including phenoxy) is 1. The van der Waals surface area contributed by atoms with Crippen molar-refractivity contribution in [3.63, 3.8) is 0 Å². The number of hydrogen-bond donors (Lipinski definition) is 1. The van der Waals surface area contributed by atoms with Crippen molar-refractivity contribution in [1.82, 2.24) is 5.32 Å². The van der Waals surface area contributed by atoms with Crippen LogP contribution in [0.15, 0.2) is 0 Å². The summed E-state index contributed by atoms with van der Waals surface area (Å²) in [4.78, 5) is 11.2. The molecule has 0 heterocycles. The lowest BCUT2D eigenvalue weighted by molar-refractivity contribution is 0.0503. The lowest BCUT2D eigenvalue weighted by Gasteiger charge is -2.26. The van der Waals surface area contributed by atoms with Gasteiger partial charge in [-0.15, -0.1) is 11.6 Å². The van der Waals surface area contributed by atoms with Crippen molar-refractivity contribution in [3.05, 3.63) is 0 Å². The smallest absolute Gasteiger partial charge is 0.408 e. The zero-order valence-electron chi connectivity index (χ0n) is 8.90. The largest absolute Gasteiger partial charge is 0.442 e. The van der Waals surface area contributed by atoms with Crippen LogP contribution in [0, 0.1) is 0 Å². The second-order valence-electron chi connectivity index (χ2n) is 4.66. The average molecular weight is 208 g/mol. The third kappa shape index (κ3) is 6.70. The molecule has 0 aromatic carbocycles. The van der Waals surface area contributed by atoms with Gasteiger partial charge in [-0.3, -0.25) is 0 Å². The Morgan fingerprint density at radius 2 is 1.77 bits per heavy atom. The van der Waals surface area contributed by atoms with E-state index >= 15 is 0 Å². The van der Waals surface area contributed by atoms with E-state index in [0.29, 0.717) is 0 Å². The molecule has 1 N–H and O–H groups in total. The minimum atomic E-state index is -0.614. The van der Waals surface area contributed by atoms with Crippen LogP contribution in [-0.2, 0) is 4.74 Å². The molecule has 0 saturated heterocycles. The predicted octanol–water partition coefficient (Wildman–Crippen LogP) is 2.53. The second kappa shape index (κ2) is 4.18. The van der Waals surface area contributed by atoms with Crippen molar-refractivity contribution < 1.29 is 9.53 Å². The first kappa shape index (κ1) is 12.6. The van der Waals surface area contributed by atoms with Crippen LogP contribution in [0.25, 0.3) is 0 Å². The molecule has 78 valence electrons. The summed E-state index contributed by atoms with van der Waals surface area (Å²) in [5.74, 6) is 0.282. The first-order valence-corrected chi connectivity index (χ1v) is 4.77. The highest BCUT2D eigenvalue weighted by molar-refractivity contribution is 6.18. The van der Waals surface area contributed by atoms with E-state index in [9.17, 15) is 4.79 Å². The minimum absolute atomic E-state index is 0.278. The highest BCUT2D eigenvalue weighted by Gasteiger charge is 2.23. The lowest BCUT2D eigenvalue weighted by Crippen LogP contribution is -2.44. The summed E-state index contributed by atoms with van der Waals surface area (Å²) in [5, 5.41) is 2.69. The highest BCUT2D eigenvalue weighted by atomic mass is 35.5. The number of carbonyl (C=O) groups excluding carboxylic acids is 1. The van der Waals surface area contributed by atoms with Gasteiger partial charge in [0.25, 0.3) is 0 Å². The highest BCUT2D eigenvalue weighted by Crippen LogP contribution is 2.12. The molecule has 13 heavy (non-hydrogen) atoms. The van der Waals surface area contributed by atoms with Gasteiger partial charge in [0.1, 0.15) is 5.60 Å². The van der Waals surface area contributed by atoms with Crippen LogP contribution >= 0.6 is 11.6 Å². The van der Waals surface area contributed by atoms with E-state index in [2.05, 4.69) is 5.32 Å². The minimum Gasteiger partial charge on any atom is -0.442 e. The summed E-state index contributed by atoms with van der Waals surface area (Å²) in [5.41, 5.74) is -0.892. The van der Waals surface area contributed by atoms with E-state index in [0.717, 1.165) is 0 Å². The van der Waals surface area contributed by atoms with Crippen LogP contribution in [0.2, 0.25) is 0 Å². The van der Waals surface area contributed by atoms with E-state index in [1.807, 2.05) is 20.8 Å². The SMILES string of the molecule is CC(C)(C)NC(=O)OC(C)(C)CCl. The van der Waals surface area contributed by atoms with Gasteiger partial charge in [0.15, 0.2) is 0 Å². The number of nitrogens with one attached hydrogen (secondary N) is 1. The fraction of sp³-hybridized carbons (Fsp3) is 0.889. The molecule has 0 unspecified atom stereocenters. The Morgan fingerprint density at radius 3 is 2.08 bits per heavy atom. The molecule has 1 amide bonds. The van der Waals surface area contributed by atoms with E-state index in [1.165, 1.54) is 0 Å². The van der Waals surface area contributed by atoms with Gasteiger partial charge >= 0.3 is 6.09 Å². The molecule has 0 aromatic heterocycles. The Bertz CT molecular complexity index is 185. The summed E-state index contributed by atoms with van der Waals surface area (Å²) in [6.45, 7) is 9.20. The first-order chi connectivity index (χ1) is 5.66. The maximum atomic E-state index is 11.2. The normalized spacial score (nSPS) is 12.5. The van der Waals surface area contributed by atoms with Gasteiger partial charge in [0.05, 0.1) is 5.88 Å². The van der Waals surface area contributed by atoms with Crippen molar-refractivity contribution in [2.24, 2.45) is 0 Å². The molecular formula is C9H18ClNO2. The Balaban J connectivity index is 4.03. The third-order valence-electron chi connectivity index (χ3n) is 1.17. The molecule has 0 aromatic rings. The fourth-order valence-corrected chi connectivity index (χ4v) is 0.664. The summed E-state index contributed by atoms with van der Waals surface area (Å²) < 4.78 is 5.08. The Morgan fingerprint density at radius 1 is 1.31 bits per heavy atom. The van der Waals surface area contributed by atoms with Gasteiger partial charge in [-0.1, -0.05) is 0 Å². The topological polar surface area (TPSA) is 38.3 Å². The number of carbonyl (C=O) groups is 1. The monoisotopic (exact) mass is 207 g/mol. The summed E-state index contributed by atoms with van der Waals surface area (Å²) in [6, 6.07) is 0. The molecule has 0 saturated carbocycles. The lowest BCUT2D eigenvalue weighted by atomic mass is 10.1. The molecule has 0 aliphatic heterocycles. The van der Waals surface area contributed by atoms with Crippen LogP contribution in [0.1, 0.15) is 34.6 Å². The zero-order chi connectivity index (χ0) is 10.7. The van der Waals surface area contributed by atoms with Crippen LogP contribution in [0.4, 0.5) is 4.79 Å². The van der Waals surface area contributed by atoms with E-state index < -0.39 is 11.7 Å². The summed E-state index contributed by atoms with van der Waals surface area (Å²) in [7, 11) is 0. The molecule has 0 spiro atoms. The van der Waals surface area contributed by atoms with Crippen molar-refractivity contribution in [2.45, 2.75) is 45.8 Å². The Labute approximate surface area is 84.8 Å². The van der Waals surface area contributed by atoms with Gasteiger partial charge in [-0.2, -0.15) is 0 Å². The third-order valence-corrected chi connectivity index (χ3v) is 1.81. The quantitative estimate of drug-likeness (QED) is 0.707. The van der Waals surface area contributed by atoms with Crippen molar-refractivity contribution >= 4 is 17.7 Å². The average Bonchev–Trinajstić information content (AvgIpc) is 1.81. The van der Waals surface area contributed by atoms with Crippen molar-refractivity contribution in [2.75, 3.05) is 5.88 Å². The van der Waals surface area contributed by atoms with Crippen LogP contribution < -0.4 is 5.32 Å². The number of amides is 1. The fourth-order valence-electron chi connectivity index (χ4n) is 0.610. The van der Waals surface area contributed by atoms with Crippen molar-refractivity contribution in [3.8, 4) is 0 Å². The number of halogens is 1. The molecule has 0 aliphatic carbocycles. The first-order valence-electron chi connectivity index (χ1n) is 4.23. The molecule has 0 atom stereocenters. The molecule has 0 rings (SSSR count). The molecular weight excluding hydrogens is 190 g/mol. The molecule has 0 radical (unpaired) electrons. The van der Waals surface area contributed by atoms with Gasteiger partial charge in [0.2, 0.25) is 0 Å². The predicted molar refractivity (Wildman–Crippen MR) is 54.2 cm³/mol. The molecule has 0 fully saturated rings.